The minimum Gasteiger partial charge on any atom is -0.462 e. The van der Waals surface area contributed by atoms with Crippen LogP contribution in [0.1, 0.15) is 233 Å². The third-order valence-corrected chi connectivity index (χ3v) is 11.0. The van der Waals surface area contributed by atoms with Crippen LogP contribution in [0.15, 0.2) is 109 Å². The van der Waals surface area contributed by atoms with Gasteiger partial charge in [0.1, 0.15) is 13.2 Å². The molecule has 0 bridgehead atoms. The van der Waals surface area contributed by atoms with Gasteiger partial charge in [0.25, 0.3) is 0 Å². The van der Waals surface area contributed by atoms with Crippen LogP contribution in [0, 0.1) is 0 Å². The summed E-state index contributed by atoms with van der Waals surface area (Å²) in [4.78, 5) is 38.0. The maximum absolute atomic E-state index is 12.8. The zero-order chi connectivity index (χ0) is 47.9. The van der Waals surface area contributed by atoms with E-state index < -0.39 is 6.10 Å². The summed E-state index contributed by atoms with van der Waals surface area (Å²) in [5.74, 6) is -0.941. The standard InChI is InChI=1S/C60H98O6/c1-4-7-10-13-16-19-22-24-26-28-30-32-34-36-38-41-44-47-50-53-59(62)65-56-57(55-64-58(61)52-49-46-43-40-21-18-15-12-9-6-3)66-60(63)54-51-48-45-42-39-37-35-33-31-29-27-25-23-20-17-14-11-8-5-2/h7-8,10-11,15-20,24-27,30-33,57H,4-6,9,12-14,21-23,28-29,34-56H2,1-3H3/b10-7-,11-8-,18-15-,19-16-,20-17-,26-24-,27-25-,32-30-,33-31-. The normalized spacial score (nSPS) is 13.0. The molecule has 0 saturated heterocycles. The highest BCUT2D eigenvalue weighted by atomic mass is 16.6. The number of carbonyl (C=O) groups is 3. The molecule has 0 saturated carbocycles. The van der Waals surface area contributed by atoms with Crippen LogP contribution < -0.4 is 0 Å². The van der Waals surface area contributed by atoms with E-state index in [4.69, 9.17) is 14.2 Å². The minimum absolute atomic E-state index is 0.0966. The van der Waals surface area contributed by atoms with Crippen LogP contribution in [0.2, 0.25) is 0 Å². The molecular weight excluding hydrogens is 817 g/mol. The molecule has 0 aliphatic rings. The van der Waals surface area contributed by atoms with Crippen molar-refractivity contribution in [2.45, 2.75) is 239 Å². The number of carbonyl (C=O) groups excluding carboxylic acids is 3. The molecule has 6 heteroatoms. The van der Waals surface area contributed by atoms with Crippen molar-refractivity contribution in [3.05, 3.63) is 109 Å². The molecule has 374 valence electrons. The summed E-state index contributed by atoms with van der Waals surface area (Å²) in [6.07, 6.45) is 72.2. The van der Waals surface area contributed by atoms with Crippen LogP contribution in [0.5, 0.6) is 0 Å². The van der Waals surface area contributed by atoms with Crippen molar-refractivity contribution < 1.29 is 28.6 Å². The SMILES string of the molecule is CC/C=C\C/C=C\C/C=C\C/C=C\CCCCCCCCC(=O)OCC(COC(=O)CCCCCC/C=C\CCCC)OC(=O)CCCCCCCC/C=C\C/C=C\C/C=C\C/C=C\CC. The van der Waals surface area contributed by atoms with Gasteiger partial charge >= 0.3 is 17.9 Å². The molecule has 0 aliphatic carbocycles. The Labute approximate surface area is 406 Å². The molecule has 0 amide bonds. The maximum Gasteiger partial charge on any atom is 0.306 e. The molecule has 0 aromatic carbocycles. The van der Waals surface area contributed by atoms with Crippen molar-refractivity contribution in [3.63, 3.8) is 0 Å². The molecule has 0 radical (unpaired) electrons. The van der Waals surface area contributed by atoms with Crippen molar-refractivity contribution in [3.8, 4) is 0 Å². The Kier molecular flexibility index (Phi) is 50.5. The quantitative estimate of drug-likeness (QED) is 0.0262. The third-order valence-electron chi connectivity index (χ3n) is 11.0. The second-order valence-corrected chi connectivity index (χ2v) is 17.4. The fourth-order valence-electron chi connectivity index (χ4n) is 6.99. The highest BCUT2D eigenvalue weighted by Crippen LogP contribution is 2.13. The first-order valence-electron chi connectivity index (χ1n) is 26.9. The van der Waals surface area contributed by atoms with Crippen LogP contribution in [0.3, 0.4) is 0 Å². The lowest BCUT2D eigenvalue weighted by Crippen LogP contribution is -2.30. The minimum atomic E-state index is -0.798. The maximum atomic E-state index is 12.8. The Hall–Kier alpha value is -3.93. The summed E-state index contributed by atoms with van der Waals surface area (Å²) in [5, 5.41) is 0. The lowest BCUT2D eigenvalue weighted by molar-refractivity contribution is -0.167. The first-order chi connectivity index (χ1) is 32.5. The molecule has 1 atom stereocenters. The van der Waals surface area contributed by atoms with Gasteiger partial charge in [-0.3, -0.25) is 14.4 Å². The third kappa shape index (κ3) is 51.1. The lowest BCUT2D eigenvalue weighted by atomic mass is 10.1. The Balaban J connectivity index is 4.41. The second kappa shape index (κ2) is 53.7. The molecule has 0 aromatic heterocycles. The Bertz CT molecular complexity index is 1370. The first-order valence-corrected chi connectivity index (χ1v) is 26.9. The zero-order valence-electron chi connectivity index (χ0n) is 42.7. The van der Waals surface area contributed by atoms with Crippen LogP contribution in [0.25, 0.3) is 0 Å². The predicted octanol–water partition coefficient (Wildman–Crippen LogP) is 17.9. The number of ether oxygens (including phenoxy) is 3. The van der Waals surface area contributed by atoms with E-state index in [1.807, 2.05) is 0 Å². The van der Waals surface area contributed by atoms with Crippen molar-refractivity contribution in [2.75, 3.05) is 13.2 Å². The fourth-order valence-corrected chi connectivity index (χ4v) is 6.99. The molecule has 0 spiro atoms. The van der Waals surface area contributed by atoms with Gasteiger partial charge in [-0.1, -0.05) is 207 Å². The summed E-state index contributed by atoms with van der Waals surface area (Å²) in [7, 11) is 0. The summed E-state index contributed by atoms with van der Waals surface area (Å²) in [6.45, 7) is 6.33. The molecule has 0 rings (SSSR count). The zero-order valence-corrected chi connectivity index (χ0v) is 42.7. The summed E-state index contributed by atoms with van der Waals surface area (Å²) < 4.78 is 16.8. The van der Waals surface area contributed by atoms with Gasteiger partial charge in [-0.05, 0) is 116 Å². The van der Waals surface area contributed by atoms with Gasteiger partial charge in [-0.25, -0.2) is 0 Å². The molecule has 0 aliphatic heterocycles. The lowest BCUT2D eigenvalue weighted by Gasteiger charge is -2.18. The van der Waals surface area contributed by atoms with E-state index in [2.05, 4.69) is 130 Å². The van der Waals surface area contributed by atoms with Gasteiger partial charge in [0, 0.05) is 19.3 Å². The highest BCUT2D eigenvalue weighted by Gasteiger charge is 2.19. The van der Waals surface area contributed by atoms with Crippen LogP contribution in [-0.2, 0) is 28.6 Å². The van der Waals surface area contributed by atoms with Gasteiger partial charge in [-0.2, -0.15) is 0 Å². The van der Waals surface area contributed by atoms with Crippen LogP contribution in [0.4, 0.5) is 0 Å². The van der Waals surface area contributed by atoms with Gasteiger partial charge in [0.2, 0.25) is 0 Å². The monoisotopic (exact) mass is 915 g/mol. The van der Waals surface area contributed by atoms with Crippen LogP contribution in [-0.4, -0.2) is 37.2 Å². The summed E-state index contributed by atoms with van der Waals surface area (Å²) >= 11 is 0. The molecule has 6 nitrogen and oxygen atoms in total. The highest BCUT2D eigenvalue weighted by molar-refractivity contribution is 5.71. The predicted molar refractivity (Wildman–Crippen MR) is 283 cm³/mol. The van der Waals surface area contributed by atoms with Gasteiger partial charge in [0.15, 0.2) is 6.10 Å². The smallest absolute Gasteiger partial charge is 0.306 e. The van der Waals surface area contributed by atoms with Gasteiger partial charge in [-0.15, -0.1) is 0 Å². The van der Waals surface area contributed by atoms with Crippen molar-refractivity contribution >= 4 is 17.9 Å². The number of esters is 3. The van der Waals surface area contributed by atoms with E-state index in [1.165, 1.54) is 38.5 Å². The first kappa shape index (κ1) is 62.1. The van der Waals surface area contributed by atoms with E-state index >= 15 is 0 Å². The molecular formula is C60H98O6. The summed E-state index contributed by atoms with van der Waals surface area (Å²) in [6, 6.07) is 0. The van der Waals surface area contributed by atoms with E-state index in [9.17, 15) is 14.4 Å². The molecule has 0 N–H and O–H groups in total. The average molecular weight is 915 g/mol. The molecule has 0 fully saturated rings. The molecule has 0 heterocycles. The van der Waals surface area contributed by atoms with E-state index in [-0.39, 0.29) is 31.1 Å². The number of hydrogen-bond donors (Lipinski definition) is 0. The van der Waals surface area contributed by atoms with Crippen molar-refractivity contribution in [1.82, 2.24) is 0 Å². The average Bonchev–Trinajstić information content (AvgIpc) is 3.31. The molecule has 0 aromatic rings. The molecule has 1 unspecified atom stereocenters. The number of allylic oxidation sites excluding steroid dienone is 18. The van der Waals surface area contributed by atoms with Gasteiger partial charge < -0.3 is 14.2 Å². The fraction of sp³-hybridized carbons (Fsp3) is 0.650. The van der Waals surface area contributed by atoms with Crippen LogP contribution >= 0.6 is 0 Å². The largest absolute Gasteiger partial charge is 0.462 e. The Morgan fingerprint density at radius 2 is 0.591 bits per heavy atom. The Morgan fingerprint density at radius 1 is 0.318 bits per heavy atom. The van der Waals surface area contributed by atoms with E-state index in [1.54, 1.807) is 0 Å². The number of hydrogen-bond acceptors (Lipinski definition) is 6. The molecule has 66 heavy (non-hydrogen) atoms. The Morgan fingerprint density at radius 3 is 0.939 bits per heavy atom. The van der Waals surface area contributed by atoms with Gasteiger partial charge in [0.05, 0.1) is 0 Å². The summed E-state index contributed by atoms with van der Waals surface area (Å²) in [5.41, 5.74) is 0. The van der Waals surface area contributed by atoms with Crippen molar-refractivity contribution in [2.24, 2.45) is 0 Å². The van der Waals surface area contributed by atoms with E-state index in [0.717, 1.165) is 154 Å². The number of rotatable bonds is 47. The van der Waals surface area contributed by atoms with Crippen molar-refractivity contribution in [1.29, 1.82) is 0 Å². The van der Waals surface area contributed by atoms with E-state index in [0.29, 0.717) is 19.3 Å². The number of unbranched alkanes of at least 4 members (excludes halogenated alkanes) is 18. The topological polar surface area (TPSA) is 78.9 Å². The second-order valence-electron chi connectivity index (χ2n) is 17.4.